The lowest BCUT2D eigenvalue weighted by Crippen LogP contribution is -2.46. The Morgan fingerprint density at radius 1 is 1.45 bits per heavy atom. The van der Waals surface area contributed by atoms with Crippen molar-refractivity contribution < 1.29 is 16.8 Å². The van der Waals surface area contributed by atoms with E-state index in [1.807, 2.05) is 0 Å². The minimum atomic E-state index is -3.96. The van der Waals surface area contributed by atoms with Crippen molar-refractivity contribution in [2.45, 2.75) is 23.8 Å². The maximum absolute atomic E-state index is 12.2. The Labute approximate surface area is 121 Å². The van der Waals surface area contributed by atoms with Gasteiger partial charge in [0.05, 0.1) is 16.4 Å². The van der Waals surface area contributed by atoms with Crippen molar-refractivity contribution in [3.05, 3.63) is 27.6 Å². The molecular weight excluding hydrogens is 328 g/mol. The molecule has 1 atom stereocenters. The molecule has 1 saturated heterocycles. The summed E-state index contributed by atoms with van der Waals surface area (Å²) < 4.78 is 49.7. The van der Waals surface area contributed by atoms with Crippen LogP contribution in [0.3, 0.4) is 0 Å². The van der Waals surface area contributed by atoms with Gasteiger partial charge in [0.1, 0.15) is 5.02 Å². The molecule has 7 nitrogen and oxygen atoms in total. The Morgan fingerprint density at radius 2 is 2.10 bits per heavy atom. The summed E-state index contributed by atoms with van der Waals surface area (Å²) in [5.41, 5.74) is -1.65. The highest BCUT2D eigenvalue weighted by atomic mass is 35.5. The topological polar surface area (TPSA) is 113 Å². The van der Waals surface area contributed by atoms with E-state index >= 15 is 0 Å². The Morgan fingerprint density at radius 3 is 2.60 bits per heavy atom. The molecule has 1 aliphatic heterocycles. The smallest absolute Gasteiger partial charge is 0.266 e. The molecule has 0 saturated carbocycles. The van der Waals surface area contributed by atoms with Crippen LogP contribution < -0.4 is 10.3 Å². The lowest BCUT2D eigenvalue weighted by Gasteiger charge is -2.23. The molecule has 112 valence electrons. The predicted molar refractivity (Wildman–Crippen MR) is 74.1 cm³/mol. The first-order valence-electron chi connectivity index (χ1n) is 5.66. The van der Waals surface area contributed by atoms with E-state index in [1.54, 1.807) is 0 Å². The van der Waals surface area contributed by atoms with Crippen LogP contribution in [0.4, 0.5) is 0 Å². The minimum Gasteiger partial charge on any atom is -0.326 e. The van der Waals surface area contributed by atoms with Gasteiger partial charge in [-0.3, -0.25) is 4.79 Å². The number of nitrogens with one attached hydrogen (secondary N) is 2. The van der Waals surface area contributed by atoms with Gasteiger partial charge < -0.3 is 4.98 Å². The minimum absolute atomic E-state index is 0.0571. The second-order valence-electron chi connectivity index (χ2n) is 5.02. The third-order valence-corrected chi connectivity index (χ3v) is 6.83. The molecule has 1 fully saturated rings. The van der Waals surface area contributed by atoms with Crippen LogP contribution in [0.2, 0.25) is 5.02 Å². The molecule has 2 rings (SSSR count). The second-order valence-corrected chi connectivity index (χ2v) is 9.29. The highest BCUT2D eigenvalue weighted by Crippen LogP contribution is 2.25. The first kappa shape index (κ1) is 15.5. The molecule has 0 aliphatic carbocycles. The number of hydrogen-bond donors (Lipinski definition) is 2. The summed E-state index contributed by atoms with van der Waals surface area (Å²) >= 11 is 5.58. The number of aromatic nitrogens is 1. The van der Waals surface area contributed by atoms with Crippen LogP contribution in [0.15, 0.2) is 22.0 Å². The molecule has 0 radical (unpaired) electrons. The summed E-state index contributed by atoms with van der Waals surface area (Å²) in [5.74, 6) is -0.311. The standard InChI is InChI=1S/C10H13ClN2O5S2/c1-10(2-3-19(15,16)6-10)13-20(17,18)7-4-8(11)9(14)12-5-7/h4-5,13H,2-3,6H2,1H3,(H,12,14). The second kappa shape index (κ2) is 4.83. The summed E-state index contributed by atoms with van der Waals surface area (Å²) in [4.78, 5) is 13.1. The van der Waals surface area contributed by atoms with Crippen LogP contribution in [0, 0.1) is 0 Å². The SMILES string of the molecule is CC1(NS(=O)(=O)c2c[nH]c(=O)c(Cl)c2)CCS(=O)(=O)C1. The molecule has 0 spiro atoms. The van der Waals surface area contributed by atoms with Crippen LogP contribution in [0.25, 0.3) is 0 Å². The summed E-state index contributed by atoms with van der Waals surface area (Å²) in [5, 5.41) is -0.253. The number of halogens is 1. The summed E-state index contributed by atoms with van der Waals surface area (Å²) in [6, 6.07) is 1.02. The number of H-pyrrole nitrogens is 1. The van der Waals surface area contributed by atoms with Crippen molar-refractivity contribution in [3.63, 3.8) is 0 Å². The Balaban J connectivity index is 2.32. The largest absolute Gasteiger partial charge is 0.326 e. The Hall–Kier alpha value is -0.900. The fourth-order valence-corrected chi connectivity index (χ4v) is 5.92. The van der Waals surface area contributed by atoms with Crippen LogP contribution in [0.1, 0.15) is 13.3 Å². The van der Waals surface area contributed by atoms with E-state index in [9.17, 15) is 21.6 Å². The van der Waals surface area contributed by atoms with E-state index in [0.717, 1.165) is 12.3 Å². The Kier molecular flexibility index (Phi) is 3.74. The van der Waals surface area contributed by atoms with Gasteiger partial charge in [-0.25, -0.2) is 21.6 Å². The number of aromatic amines is 1. The first-order chi connectivity index (χ1) is 9.03. The molecule has 0 bridgehead atoms. The van der Waals surface area contributed by atoms with Gasteiger partial charge in [0, 0.05) is 11.7 Å². The van der Waals surface area contributed by atoms with Gasteiger partial charge in [0.15, 0.2) is 9.84 Å². The normalized spacial score (nSPS) is 25.7. The summed E-state index contributed by atoms with van der Waals surface area (Å²) in [7, 11) is -7.19. The van der Waals surface area contributed by atoms with E-state index in [0.29, 0.717) is 0 Å². The molecule has 1 aromatic heterocycles. The molecule has 1 unspecified atom stereocenters. The van der Waals surface area contributed by atoms with Crippen LogP contribution in [0.5, 0.6) is 0 Å². The Bertz CT molecular complexity index is 799. The molecule has 2 heterocycles. The highest BCUT2D eigenvalue weighted by Gasteiger charge is 2.41. The van der Waals surface area contributed by atoms with Gasteiger partial charge in [-0.15, -0.1) is 0 Å². The first-order valence-corrected chi connectivity index (χ1v) is 9.34. The molecule has 20 heavy (non-hydrogen) atoms. The fraction of sp³-hybridized carbons (Fsp3) is 0.500. The molecule has 0 amide bonds. The average Bonchev–Trinajstić information content (AvgIpc) is 2.55. The van der Waals surface area contributed by atoms with Crippen molar-refractivity contribution in [2.24, 2.45) is 0 Å². The average molecular weight is 341 g/mol. The summed E-state index contributed by atoms with van der Waals surface area (Å²) in [6.07, 6.45) is 1.22. The van der Waals surface area contributed by atoms with Crippen molar-refractivity contribution in [1.29, 1.82) is 0 Å². The fourth-order valence-electron chi connectivity index (χ4n) is 2.07. The van der Waals surface area contributed by atoms with E-state index in [1.165, 1.54) is 6.92 Å². The maximum atomic E-state index is 12.2. The molecule has 1 aromatic rings. The van der Waals surface area contributed by atoms with Crippen LogP contribution in [-0.4, -0.2) is 38.9 Å². The van der Waals surface area contributed by atoms with Gasteiger partial charge in [-0.05, 0) is 19.4 Å². The van der Waals surface area contributed by atoms with Gasteiger partial charge in [-0.1, -0.05) is 11.6 Å². The number of sulfone groups is 1. The third-order valence-electron chi connectivity index (χ3n) is 3.03. The van der Waals surface area contributed by atoms with Gasteiger partial charge in [0.25, 0.3) is 5.56 Å². The van der Waals surface area contributed by atoms with Gasteiger partial charge in [-0.2, -0.15) is 0 Å². The molecule has 10 heteroatoms. The zero-order valence-electron chi connectivity index (χ0n) is 10.5. The molecule has 2 N–H and O–H groups in total. The third kappa shape index (κ3) is 3.22. The highest BCUT2D eigenvalue weighted by molar-refractivity contribution is 7.92. The van der Waals surface area contributed by atoms with E-state index < -0.39 is 31.0 Å². The lowest BCUT2D eigenvalue weighted by atomic mass is 10.0. The lowest BCUT2D eigenvalue weighted by molar-refractivity contribution is 0.461. The van der Waals surface area contributed by atoms with Gasteiger partial charge >= 0.3 is 0 Å². The van der Waals surface area contributed by atoms with Crippen molar-refractivity contribution in [2.75, 3.05) is 11.5 Å². The van der Waals surface area contributed by atoms with Crippen LogP contribution >= 0.6 is 11.6 Å². The number of hydrogen-bond acceptors (Lipinski definition) is 5. The van der Waals surface area contributed by atoms with E-state index in [2.05, 4.69) is 9.71 Å². The van der Waals surface area contributed by atoms with Crippen molar-refractivity contribution in [1.82, 2.24) is 9.71 Å². The van der Waals surface area contributed by atoms with Gasteiger partial charge in [0.2, 0.25) is 10.0 Å². The van der Waals surface area contributed by atoms with E-state index in [4.69, 9.17) is 11.6 Å². The molecule has 0 aromatic carbocycles. The van der Waals surface area contributed by atoms with Crippen molar-refractivity contribution >= 4 is 31.5 Å². The number of rotatable bonds is 3. The zero-order valence-corrected chi connectivity index (χ0v) is 12.9. The zero-order chi connectivity index (χ0) is 15.2. The maximum Gasteiger partial charge on any atom is 0.266 e. The van der Waals surface area contributed by atoms with Crippen molar-refractivity contribution in [3.8, 4) is 0 Å². The monoisotopic (exact) mass is 340 g/mol. The molecule has 1 aliphatic rings. The predicted octanol–water partition coefficient (Wildman–Crippen LogP) is -0.116. The number of sulfonamides is 1. The van der Waals surface area contributed by atoms with E-state index in [-0.39, 0.29) is 27.8 Å². The molecular formula is C10H13ClN2O5S2. The summed E-state index contributed by atoms with van der Waals surface area (Å²) in [6.45, 7) is 1.53. The van der Waals surface area contributed by atoms with Crippen LogP contribution in [-0.2, 0) is 19.9 Å². The number of pyridine rings is 1. The quantitative estimate of drug-likeness (QED) is 0.796.